The van der Waals surface area contributed by atoms with Gasteiger partial charge in [0.25, 0.3) is 0 Å². The Morgan fingerprint density at radius 2 is 2.13 bits per heavy atom. The number of carbonyl (C=O) groups is 1. The second kappa shape index (κ2) is 3.87. The number of pyridine rings is 1. The van der Waals surface area contributed by atoms with Gasteiger partial charge >= 0.3 is 0 Å². The highest BCUT2D eigenvalue weighted by Crippen LogP contribution is 2.22. The Bertz CT molecular complexity index is 525. The van der Waals surface area contributed by atoms with Crippen LogP contribution in [0.15, 0.2) is 30.3 Å². The predicted octanol–water partition coefficient (Wildman–Crippen LogP) is 2.85. The summed E-state index contributed by atoms with van der Waals surface area (Å²) in [4.78, 5) is 15.1. The smallest absolute Gasteiger partial charge is 0.222 e. The molecular formula is C11H9ClN2O. The summed E-state index contributed by atoms with van der Waals surface area (Å²) in [6.45, 7) is 1.45. The Hall–Kier alpha value is -1.61. The van der Waals surface area contributed by atoms with Gasteiger partial charge in [0, 0.05) is 17.3 Å². The molecule has 1 N–H and O–H groups in total. The highest BCUT2D eigenvalue weighted by molar-refractivity contribution is 6.35. The number of amides is 1. The lowest BCUT2D eigenvalue weighted by Gasteiger charge is -2.03. The second-order valence-electron chi connectivity index (χ2n) is 3.18. The van der Waals surface area contributed by atoms with Crippen molar-refractivity contribution in [1.82, 2.24) is 4.98 Å². The Kier molecular flexibility index (Phi) is 2.56. The van der Waals surface area contributed by atoms with Gasteiger partial charge in [-0.15, -0.1) is 0 Å². The standard InChI is InChI=1S/C11H9ClN2O/c1-7(15)13-11-6-5-8-9(12)3-2-4-10(8)14-11/h2-6H,1H3,(H,13,14,15). The fourth-order valence-electron chi connectivity index (χ4n) is 1.37. The molecule has 1 aromatic heterocycles. The van der Waals surface area contributed by atoms with E-state index in [2.05, 4.69) is 10.3 Å². The number of hydrogen-bond acceptors (Lipinski definition) is 2. The number of carbonyl (C=O) groups excluding carboxylic acids is 1. The molecule has 1 aromatic carbocycles. The van der Waals surface area contributed by atoms with Crippen LogP contribution in [0, 0.1) is 0 Å². The molecule has 0 aliphatic heterocycles. The molecule has 1 heterocycles. The van der Waals surface area contributed by atoms with Gasteiger partial charge in [0.05, 0.1) is 5.52 Å². The third-order valence-electron chi connectivity index (χ3n) is 1.98. The number of halogens is 1. The predicted molar refractivity (Wildman–Crippen MR) is 61.1 cm³/mol. The van der Waals surface area contributed by atoms with E-state index in [1.807, 2.05) is 24.3 Å². The number of benzene rings is 1. The molecule has 3 nitrogen and oxygen atoms in total. The molecule has 0 aliphatic carbocycles. The van der Waals surface area contributed by atoms with Crippen LogP contribution in [0.4, 0.5) is 5.82 Å². The van der Waals surface area contributed by atoms with E-state index in [0.717, 1.165) is 10.9 Å². The fraction of sp³-hybridized carbons (Fsp3) is 0.0909. The number of fused-ring (bicyclic) bond motifs is 1. The summed E-state index contributed by atoms with van der Waals surface area (Å²) in [5.74, 6) is 0.404. The number of nitrogens with one attached hydrogen (secondary N) is 1. The number of aromatic nitrogens is 1. The quantitative estimate of drug-likeness (QED) is 0.803. The minimum absolute atomic E-state index is 0.135. The minimum atomic E-state index is -0.135. The van der Waals surface area contributed by atoms with Gasteiger partial charge in [0.2, 0.25) is 5.91 Å². The lowest BCUT2D eigenvalue weighted by atomic mass is 10.2. The van der Waals surface area contributed by atoms with E-state index in [0.29, 0.717) is 10.8 Å². The van der Waals surface area contributed by atoms with Crippen LogP contribution in [0.5, 0.6) is 0 Å². The molecule has 2 aromatic rings. The summed E-state index contributed by atoms with van der Waals surface area (Å²) in [5.41, 5.74) is 0.772. The molecule has 0 spiro atoms. The van der Waals surface area contributed by atoms with Crippen molar-refractivity contribution in [3.05, 3.63) is 35.4 Å². The lowest BCUT2D eigenvalue weighted by molar-refractivity contribution is -0.114. The van der Waals surface area contributed by atoms with Gasteiger partial charge in [-0.05, 0) is 24.3 Å². The molecule has 0 atom stereocenters. The van der Waals surface area contributed by atoms with Crippen molar-refractivity contribution in [2.24, 2.45) is 0 Å². The summed E-state index contributed by atoms with van der Waals surface area (Å²) >= 11 is 5.99. The molecule has 0 bridgehead atoms. The fourth-order valence-corrected chi connectivity index (χ4v) is 1.60. The van der Waals surface area contributed by atoms with E-state index >= 15 is 0 Å². The van der Waals surface area contributed by atoms with Crippen LogP contribution in [0.25, 0.3) is 10.9 Å². The highest BCUT2D eigenvalue weighted by atomic mass is 35.5. The Morgan fingerprint density at radius 1 is 1.33 bits per heavy atom. The molecule has 0 fully saturated rings. The molecule has 0 radical (unpaired) electrons. The van der Waals surface area contributed by atoms with Crippen LogP contribution in [0.3, 0.4) is 0 Å². The first-order chi connectivity index (χ1) is 7.16. The zero-order valence-electron chi connectivity index (χ0n) is 8.12. The van der Waals surface area contributed by atoms with Crippen molar-refractivity contribution in [2.45, 2.75) is 6.92 Å². The molecule has 15 heavy (non-hydrogen) atoms. The van der Waals surface area contributed by atoms with Crippen molar-refractivity contribution >= 4 is 34.2 Å². The van der Waals surface area contributed by atoms with Crippen molar-refractivity contribution < 1.29 is 4.79 Å². The molecule has 4 heteroatoms. The van der Waals surface area contributed by atoms with E-state index in [4.69, 9.17) is 11.6 Å². The summed E-state index contributed by atoms with van der Waals surface area (Å²) in [7, 11) is 0. The van der Waals surface area contributed by atoms with Crippen LogP contribution in [0.2, 0.25) is 5.02 Å². The number of rotatable bonds is 1. The maximum Gasteiger partial charge on any atom is 0.222 e. The van der Waals surface area contributed by atoms with Crippen molar-refractivity contribution in [3.63, 3.8) is 0 Å². The van der Waals surface area contributed by atoms with E-state index in [1.165, 1.54) is 6.92 Å². The summed E-state index contributed by atoms with van der Waals surface area (Å²) in [6, 6.07) is 9.07. The summed E-state index contributed by atoms with van der Waals surface area (Å²) in [6.07, 6.45) is 0. The van der Waals surface area contributed by atoms with Gasteiger partial charge in [-0.3, -0.25) is 4.79 Å². The summed E-state index contributed by atoms with van der Waals surface area (Å²) < 4.78 is 0. The normalized spacial score (nSPS) is 10.3. The molecular weight excluding hydrogens is 212 g/mol. The third-order valence-corrected chi connectivity index (χ3v) is 2.31. The molecule has 1 amide bonds. The van der Waals surface area contributed by atoms with Gasteiger partial charge in [-0.25, -0.2) is 4.98 Å². The van der Waals surface area contributed by atoms with Gasteiger partial charge < -0.3 is 5.32 Å². The average Bonchev–Trinajstić information content (AvgIpc) is 2.17. The summed E-state index contributed by atoms with van der Waals surface area (Å²) in [5, 5.41) is 4.17. The lowest BCUT2D eigenvalue weighted by Crippen LogP contribution is -2.07. The van der Waals surface area contributed by atoms with Crippen LogP contribution >= 0.6 is 11.6 Å². The largest absolute Gasteiger partial charge is 0.311 e. The maximum atomic E-state index is 10.8. The van der Waals surface area contributed by atoms with Crippen LogP contribution in [-0.2, 0) is 4.79 Å². The Morgan fingerprint density at radius 3 is 2.87 bits per heavy atom. The highest BCUT2D eigenvalue weighted by Gasteiger charge is 2.02. The molecule has 0 saturated carbocycles. The van der Waals surface area contributed by atoms with Crippen molar-refractivity contribution in [2.75, 3.05) is 5.32 Å². The van der Waals surface area contributed by atoms with Crippen LogP contribution in [-0.4, -0.2) is 10.9 Å². The number of nitrogens with zero attached hydrogens (tertiary/aromatic N) is 1. The van der Waals surface area contributed by atoms with E-state index in [-0.39, 0.29) is 5.91 Å². The minimum Gasteiger partial charge on any atom is -0.311 e. The Labute approximate surface area is 92.1 Å². The SMILES string of the molecule is CC(=O)Nc1ccc2c(Cl)cccc2n1. The first-order valence-electron chi connectivity index (χ1n) is 4.50. The van der Waals surface area contributed by atoms with Gasteiger partial charge in [0.15, 0.2) is 0 Å². The van der Waals surface area contributed by atoms with E-state index < -0.39 is 0 Å². The van der Waals surface area contributed by atoms with Gasteiger partial charge in [0.1, 0.15) is 5.82 Å². The molecule has 0 unspecified atom stereocenters. The number of hydrogen-bond donors (Lipinski definition) is 1. The first kappa shape index (κ1) is 9.93. The van der Waals surface area contributed by atoms with E-state index in [1.54, 1.807) is 6.07 Å². The molecule has 76 valence electrons. The monoisotopic (exact) mass is 220 g/mol. The zero-order chi connectivity index (χ0) is 10.8. The molecule has 2 rings (SSSR count). The van der Waals surface area contributed by atoms with Crippen molar-refractivity contribution in [1.29, 1.82) is 0 Å². The topological polar surface area (TPSA) is 42.0 Å². The third kappa shape index (κ3) is 2.07. The maximum absolute atomic E-state index is 10.8. The number of anilines is 1. The molecule has 0 aliphatic rings. The van der Waals surface area contributed by atoms with Crippen molar-refractivity contribution in [3.8, 4) is 0 Å². The van der Waals surface area contributed by atoms with Crippen LogP contribution in [0.1, 0.15) is 6.92 Å². The molecule has 0 saturated heterocycles. The zero-order valence-corrected chi connectivity index (χ0v) is 8.88. The second-order valence-corrected chi connectivity index (χ2v) is 3.59. The Balaban J connectivity index is 2.52. The van der Waals surface area contributed by atoms with Gasteiger partial charge in [-0.1, -0.05) is 17.7 Å². The average molecular weight is 221 g/mol. The van der Waals surface area contributed by atoms with Crippen LogP contribution < -0.4 is 5.32 Å². The van der Waals surface area contributed by atoms with E-state index in [9.17, 15) is 4.79 Å². The first-order valence-corrected chi connectivity index (χ1v) is 4.87. The van der Waals surface area contributed by atoms with Gasteiger partial charge in [-0.2, -0.15) is 0 Å².